The van der Waals surface area contributed by atoms with E-state index in [1.807, 2.05) is 13.1 Å². The molecule has 1 fully saturated rings. The molecule has 29 heavy (non-hydrogen) atoms. The lowest BCUT2D eigenvalue weighted by molar-refractivity contribution is -0.143. The molecule has 9 heteroatoms. The van der Waals surface area contributed by atoms with E-state index in [9.17, 15) is 19.5 Å². The van der Waals surface area contributed by atoms with Crippen LogP contribution in [0.5, 0.6) is 0 Å². The Balaban J connectivity index is 1.88. The van der Waals surface area contributed by atoms with Crippen molar-refractivity contribution in [1.82, 2.24) is 25.0 Å². The van der Waals surface area contributed by atoms with Gasteiger partial charge in [-0.2, -0.15) is 5.10 Å². The van der Waals surface area contributed by atoms with Gasteiger partial charge >= 0.3 is 5.97 Å². The van der Waals surface area contributed by atoms with Gasteiger partial charge in [-0.1, -0.05) is 0 Å². The zero-order valence-corrected chi connectivity index (χ0v) is 16.5. The van der Waals surface area contributed by atoms with E-state index in [1.54, 1.807) is 47.4 Å². The molecule has 1 aliphatic heterocycles. The third-order valence-corrected chi connectivity index (χ3v) is 5.25. The van der Waals surface area contributed by atoms with Gasteiger partial charge in [-0.15, -0.1) is 0 Å². The first-order valence-corrected chi connectivity index (χ1v) is 9.60. The minimum absolute atomic E-state index is 0.00150. The van der Waals surface area contributed by atoms with Crippen LogP contribution in [0.1, 0.15) is 49.4 Å². The number of nitrogens with zero attached hydrogens (tertiary/aromatic N) is 4. The number of aromatic nitrogens is 3. The first kappa shape index (κ1) is 20.5. The molecule has 0 spiro atoms. The highest BCUT2D eigenvalue weighted by Crippen LogP contribution is 2.37. The van der Waals surface area contributed by atoms with Gasteiger partial charge in [-0.25, -0.2) is 0 Å². The summed E-state index contributed by atoms with van der Waals surface area (Å²) >= 11 is 0. The molecule has 0 saturated carbocycles. The number of aliphatic carboxylic acids is 1. The van der Waals surface area contributed by atoms with Crippen LogP contribution in [0.25, 0.3) is 0 Å². The topological polar surface area (TPSA) is 117 Å². The Hall–Kier alpha value is -3.23. The summed E-state index contributed by atoms with van der Waals surface area (Å²) in [6.07, 6.45) is 7.04. The Bertz CT molecular complexity index is 882. The molecule has 0 aromatic carbocycles. The molecule has 154 valence electrons. The van der Waals surface area contributed by atoms with Crippen molar-refractivity contribution in [3.63, 3.8) is 0 Å². The van der Waals surface area contributed by atoms with Crippen LogP contribution in [0.4, 0.5) is 0 Å². The zero-order valence-electron chi connectivity index (χ0n) is 16.5. The van der Waals surface area contributed by atoms with Crippen LogP contribution >= 0.6 is 0 Å². The zero-order chi connectivity index (χ0) is 21.0. The number of nitrogens with one attached hydrogen (secondary N) is 1. The number of carbonyl (C=O) groups excluding carboxylic acids is 2. The van der Waals surface area contributed by atoms with Gasteiger partial charge in [-0.3, -0.25) is 24.0 Å². The van der Waals surface area contributed by atoms with Gasteiger partial charge in [0.05, 0.1) is 30.6 Å². The third-order valence-electron chi connectivity index (χ3n) is 5.25. The Morgan fingerprint density at radius 2 is 2.07 bits per heavy atom. The quantitative estimate of drug-likeness (QED) is 0.728. The molecule has 2 amide bonds. The molecule has 1 aliphatic rings. The van der Waals surface area contributed by atoms with E-state index in [1.165, 1.54) is 0 Å². The first-order valence-electron chi connectivity index (χ1n) is 9.60. The monoisotopic (exact) mass is 399 g/mol. The average Bonchev–Trinajstić information content (AvgIpc) is 3.13. The second-order valence-electron chi connectivity index (χ2n) is 7.16. The summed E-state index contributed by atoms with van der Waals surface area (Å²) in [6, 6.07) is 2.27. The van der Waals surface area contributed by atoms with Crippen LogP contribution in [-0.2, 0) is 21.4 Å². The number of pyridine rings is 1. The minimum Gasteiger partial charge on any atom is -0.481 e. The summed E-state index contributed by atoms with van der Waals surface area (Å²) in [5, 5.41) is 16.4. The van der Waals surface area contributed by atoms with E-state index in [0.29, 0.717) is 18.5 Å². The molecule has 3 rings (SSSR count). The summed E-state index contributed by atoms with van der Waals surface area (Å²) in [7, 11) is 1.78. The van der Waals surface area contributed by atoms with Crippen LogP contribution < -0.4 is 5.32 Å². The van der Waals surface area contributed by atoms with Crippen molar-refractivity contribution in [3.05, 3.63) is 48.0 Å². The fourth-order valence-corrected chi connectivity index (χ4v) is 3.91. The van der Waals surface area contributed by atoms with E-state index >= 15 is 0 Å². The van der Waals surface area contributed by atoms with Crippen LogP contribution in [0.2, 0.25) is 0 Å². The molecule has 3 heterocycles. The molecule has 2 aromatic heterocycles. The number of likely N-dealkylation sites (tertiary alicyclic amines) is 1. The normalized spacial score (nSPS) is 20.3. The Labute approximate surface area is 168 Å². The molecule has 3 atom stereocenters. The molecular formula is C20H25N5O4. The lowest BCUT2D eigenvalue weighted by atomic mass is 9.84. The third kappa shape index (κ3) is 4.61. The highest BCUT2D eigenvalue weighted by atomic mass is 16.4. The SMILES string of the molecule is CCN1C(=O)CCC(C(=O)NC(CC(=O)O)c2ccncc2)C1c1cnn(C)c1. The second-order valence-corrected chi connectivity index (χ2v) is 7.16. The maximum Gasteiger partial charge on any atom is 0.305 e. The van der Waals surface area contributed by atoms with E-state index in [-0.39, 0.29) is 24.7 Å². The molecule has 1 saturated heterocycles. The van der Waals surface area contributed by atoms with Crippen molar-refractivity contribution in [2.45, 2.75) is 38.3 Å². The molecule has 9 nitrogen and oxygen atoms in total. The maximum absolute atomic E-state index is 13.2. The number of carbonyl (C=O) groups is 3. The fraction of sp³-hybridized carbons (Fsp3) is 0.450. The first-order chi connectivity index (χ1) is 13.9. The lowest BCUT2D eigenvalue weighted by Gasteiger charge is -2.40. The van der Waals surface area contributed by atoms with Gasteiger partial charge in [0.2, 0.25) is 11.8 Å². The molecular weight excluding hydrogens is 374 g/mol. The molecule has 0 bridgehead atoms. The summed E-state index contributed by atoms with van der Waals surface area (Å²) < 4.78 is 1.64. The lowest BCUT2D eigenvalue weighted by Crippen LogP contribution is -2.48. The second kappa shape index (κ2) is 8.85. The van der Waals surface area contributed by atoms with E-state index in [0.717, 1.165) is 5.56 Å². The van der Waals surface area contributed by atoms with Crippen LogP contribution in [0, 0.1) is 5.92 Å². The van der Waals surface area contributed by atoms with Crippen molar-refractivity contribution >= 4 is 17.8 Å². The van der Waals surface area contributed by atoms with E-state index in [2.05, 4.69) is 15.4 Å². The Morgan fingerprint density at radius 1 is 1.34 bits per heavy atom. The number of carboxylic acids is 1. The van der Waals surface area contributed by atoms with Gasteiger partial charge in [-0.05, 0) is 31.0 Å². The van der Waals surface area contributed by atoms with Gasteiger partial charge < -0.3 is 15.3 Å². The predicted molar refractivity (Wildman–Crippen MR) is 103 cm³/mol. The number of carboxylic acid groups (broad SMARTS) is 1. The molecule has 0 radical (unpaired) electrons. The largest absolute Gasteiger partial charge is 0.481 e. The van der Waals surface area contributed by atoms with E-state index in [4.69, 9.17) is 0 Å². The molecule has 3 unspecified atom stereocenters. The van der Waals surface area contributed by atoms with Crippen molar-refractivity contribution in [2.75, 3.05) is 6.54 Å². The number of hydrogen-bond donors (Lipinski definition) is 2. The van der Waals surface area contributed by atoms with Crippen molar-refractivity contribution in [1.29, 1.82) is 0 Å². The number of aryl methyl sites for hydroxylation is 1. The minimum atomic E-state index is -1.01. The fourth-order valence-electron chi connectivity index (χ4n) is 3.91. The number of amides is 2. The highest BCUT2D eigenvalue weighted by molar-refractivity contribution is 5.85. The number of rotatable bonds is 7. The highest BCUT2D eigenvalue weighted by Gasteiger charge is 2.41. The molecule has 2 aromatic rings. The van der Waals surface area contributed by atoms with E-state index < -0.39 is 24.0 Å². The summed E-state index contributed by atoms with van der Waals surface area (Å²) in [5.74, 6) is -1.77. The maximum atomic E-state index is 13.2. The van der Waals surface area contributed by atoms with Crippen molar-refractivity contribution in [3.8, 4) is 0 Å². The van der Waals surface area contributed by atoms with Gasteiger partial charge in [0.15, 0.2) is 0 Å². The Morgan fingerprint density at radius 3 is 2.66 bits per heavy atom. The smallest absolute Gasteiger partial charge is 0.305 e. The number of piperidine rings is 1. The molecule has 2 N–H and O–H groups in total. The van der Waals surface area contributed by atoms with Gasteiger partial charge in [0.1, 0.15) is 0 Å². The predicted octanol–water partition coefficient (Wildman–Crippen LogP) is 1.45. The summed E-state index contributed by atoms with van der Waals surface area (Å²) in [5.41, 5.74) is 1.47. The van der Waals surface area contributed by atoms with Crippen molar-refractivity contribution in [2.24, 2.45) is 13.0 Å². The van der Waals surface area contributed by atoms with Crippen LogP contribution in [0.15, 0.2) is 36.9 Å². The van der Waals surface area contributed by atoms with Crippen molar-refractivity contribution < 1.29 is 19.5 Å². The summed E-state index contributed by atoms with van der Waals surface area (Å²) in [6.45, 7) is 2.36. The Kier molecular flexibility index (Phi) is 6.26. The van der Waals surface area contributed by atoms with Crippen LogP contribution in [0.3, 0.4) is 0 Å². The van der Waals surface area contributed by atoms with Gasteiger partial charge in [0.25, 0.3) is 0 Å². The number of hydrogen-bond acceptors (Lipinski definition) is 5. The standard InChI is InChI=1S/C20H25N5O4/c1-3-25-17(26)5-4-15(19(25)14-11-22-24(2)12-14)20(29)23-16(10-18(27)28)13-6-8-21-9-7-13/h6-9,11-12,15-16,19H,3-5,10H2,1-2H3,(H,23,29)(H,27,28). The van der Waals surface area contributed by atoms with Gasteiger partial charge in [0, 0.05) is 44.2 Å². The van der Waals surface area contributed by atoms with Crippen LogP contribution in [-0.4, -0.2) is 49.1 Å². The average molecular weight is 399 g/mol. The molecule has 0 aliphatic carbocycles. The summed E-state index contributed by atoms with van der Waals surface area (Å²) in [4.78, 5) is 42.7.